The third kappa shape index (κ3) is 4.35. The monoisotopic (exact) mass is 430 g/mol. The maximum atomic E-state index is 12.8. The Balaban J connectivity index is 1.55. The van der Waals surface area contributed by atoms with E-state index >= 15 is 0 Å². The minimum Gasteiger partial charge on any atom is -0.494 e. The van der Waals surface area contributed by atoms with Gasteiger partial charge in [0.25, 0.3) is 0 Å². The first kappa shape index (κ1) is 20.0. The highest BCUT2D eigenvalue weighted by Gasteiger charge is 2.26. The molecule has 2 aromatic carbocycles. The summed E-state index contributed by atoms with van der Waals surface area (Å²) in [5, 5.41) is 2.88. The summed E-state index contributed by atoms with van der Waals surface area (Å²) >= 11 is 1.55. The fourth-order valence-electron chi connectivity index (χ4n) is 3.16. The molecule has 29 heavy (non-hydrogen) atoms. The lowest BCUT2D eigenvalue weighted by Gasteiger charge is -2.26. The predicted molar refractivity (Wildman–Crippen MR) is 114 cm³/mol. The molecule has 0 bridgehead atoms. The van der Waals surface area contributed by atoms with E-state index in [0.29, 0.717) is 37.8 Å². The minimum atomic E-state index is -3.49. The number of hydrogen-bond donors (Lipinski definition) is 0. The Morgan fingerprint density at radius 3 is 2.59 bits per heavy atom. The molecule has 6 nitrogen and oxygen atoms in total. The highest BCUT2D eigenvalue weighted by Crippen LogP contribution is 2.31. The molecule has 0 saturated carbocycles. The van der Waals surface area contributed by atoms with Gasteiger partial charge in [0.2, 0.25) is 10.0 Å². The summed E-state index contributed by atoms with van der Waals surface area (Å²) in [7, 11) is -3.49. The molecule has 0 amide bonds. The van der Waals surface area contributed by atoms with Gasteiger partial charge in [-0.3, -0.25) is 0 Å². The third-order valence-electron chi connectivity index (χ3n) is 4.65. The summed E-state index contributed by atoms with van der Waals surface area (Å²) in [5.74, 6) is 0.819. The van der Waals surface area contributed by atoms with Crippen LogP contribution >= 0.6 is 11.3 Å². The second kappa shape index (κ2) is 8.62. The van der Waals surface area contributed by atoms with E-state index in [1.165, 1.54) is 4.31 Å². The molecule has 1 aliphatic heterocycles. The number of benzene rings is 2. The maximum Gasteiger partial charge on any atom is 0.243 e. The molecular formula is C21H22N2O4S2. The van der Waals surface area contributed by atoms with Gasteiger partial charge in [0.1, 0.15) is 10.8 Å². The lowest BCUT2D eigenvalue weighted by molar-refractivity contribution is 0.0730. The second-order valence-electron chi connectivity index (χ2n) is 6.54. The topological polar surface area (TPSA) is 68.7 Å². The molecule has 1 aliphatic rings. The van der Waals surface area contributed by atoms with E-state index in [1.54, 1.807) is 23.5 Å². The summed E-state index contributed by atoms with van der Waals surface area (Å²) in [5.41, 5.74) is 2.70. The van der Waals surface area contributed by atoms with Crippen molar-refractivity contribution in [2.24, 2.45) is 0 Å². The van der Waals surface area contributed by atoms with Gasteiger partial charge in [-0.1, -0.05) is 24.3 Å². The summed E-state index contributed by atoms with van der Waals surface area (Å²) in [4.78, 5) is 5.01. The number of morpholine rings is 1. The summed E-state index contributed by atoms with van der Waals surface area (Å²) in [6.45, 7) is 4.22. The van der Waals surface area contributed by atoms with Gasteiger partial charge in [0.05, 0.1) is 30.4 Å². The van der Waals surface area contributed by atoms with E-state index in [0.717, 1.165) is 27.6 Å². The highest BCUT2D eigenvalue weighted by atomic mass is 32.2. The molecule has 1 aromatic heterocycles. The van der Waals surface area contributed by atoms with Crippen molar-refractivity contribution >= 4 is 21.4 Å². The van der Waals surface area contributed by atoms with Crippen molar-refractivity contribution < 1.29 is 17.9 Å². The van der Waals surface area contributed by atoms with Crippen molar-refractivity contribution in [1.82, 2.24) is 9.29 Å². The molecule has 0 atom stereocenters. The first-order valence-corrected chi connectivity index (χ1v) is 11.8. The van der Waals surface area contributed by atoms with Crippen molar-refractivity contribution in [3.05, 3.63) is 53.9 Å². The number of ether oxygens (including phenoxy) is 2. The van der Waals surface area contributed by atoms with Crippen LogP contribution in [-0.4, -0.2) is 50.6 Å². The molecule has 0 N–H and O–H groups in total. The molecule has 0 aliphatic carbocycles. The van der Waals surface area contributed by atoms with Crippen LogP contribution in [0.1, 0.15) is 6.92 Å². The van der Waals surface area contributed by atoms with Crippen molar-refractivity contribution in [2.45, 2.75) is 11.8 Å². The van der Waals surface area contributed by atoms with E-state index < -0.39 is 10.0 Å². The van der Waals surface area contributed by atoms with Crippen LogP contribution in [0.4, 0.5) is 0 Å². The molecule has 3 aromatic rings. The van der Waals surface area contributed by atoms with Crippen LogP contribution in [0.5, 0.6) is 5.75 Å². The third-order valence-corrected chi connectivity index (χ3v) is 7.46. The molecule has 2 heterocycles. The van der Waals surface area contributed by atoms with Gasteiger partial charge in [-0.05, 0) is 31.2 Å². The van der Waals surface area contributed by atoms with Gasteiger partial charge < -0.3 is 9.47 Å². The van der Waals surface area contributed by atoms with Crippen LogP contribution in [-0.2, 0) is 14.8 Å². The van der Waals surface area contributed by atoms with Crippen LogP contribution in [0.2, 0.25) is 0 Å². The minimum absolute atomic E-state index is 0.294. The Kier molecular flexibility index (Phi) is 5.96. The molecule has 1 saturated heterocycles. The number of rotatable bonds is 6. The summed E-state index contributed by atoms with van der Waals surface area (Å²) in [6, 6.07) is 14.8. The molecule has 1 fully saturated rings. The van der Waals surface area contributed by atoms with Gasteiger partial charge >= 0.3 is 0 Å². The highest BCUT2D eigenvalue weighted by molar-refractivity contribution is 7.89. The quantitative estimate of drug-likeness (QED) is 0.593. The zero-order valence-corrected chi connectivity index (χ0v) is 17.7. The Hall–Kier alpha value is -2.26. The van der Waals surface area contributed by atoms with Crippen molar-refractivity contribution in [2.75, 3.05) is 32.9 Å². The first-order valence-electron chi connectivity index (χ1n) is 9.45. The van der Waals surface area contributed by atoms with Gasteiger partial charge in [0.15, 0.2) is 0 Å². The first-order chi connectivity index (χ1) is 14.1. The molecule has 0 unspecified atom stereocenters. The van der Waals surface area contributed by atoms with Crippen LogP contribution in [0.15, 0.2) is 58.8 Å². The molecular weight excluding hydrogens is 408 g/mol. The average molecular weight is 431 g/mol. The molecule has 8 heteroatoms. The van der Waals surface area contributed by atoms with Crippen molar-refractivity contribution in [1.29, 1.82) is 0 Å². The smallest absolute Gasteiger partial charge is 0.243 e. The Morgan fingerprint density at radius 2 is 1.86 bits per heavy atom. The number of aromatic nitrogens is 1. The van der Waals surface area contributed by atoms with Gasteiger partial charge in [-0.25, -0.2) is 13.4 Å². The van der Waals surface area contributed by atoms with Gasteiger partial charge in [-0.15, -0.1) is 11.3 Å². The second-order valence-corrected chi connectivity index (χ2v) is 9.34. The molecule has 0 spiro atoms. The van der Waals surface area contributed by atoms with Crippen LogP contribution in [0.25, 0.3) is 21.8 Å². The molecule has 4 rings (SSSR count). The number of hydrogen-bond acceptors (Lipinski definition) is 6. The predicted octanol–water partition coefficient (Wildman–Crippen LogP) is 3.90. The number of nitrogens with zero attached hydrogens (tertiary/aromatic N) is 2. The zero-order valence-electron chi connectivity index (χ0n) is 16.1. The molecule has 152 valence electrons. The van der Waals surface area contributed by atoms with E-state index in [4.69, 9.17) is 14.5 Å². The van der Waals surface area contributed by atoms with Crippen molar-refractivity contribution in [3.8, 4) is 27.6 Å². The SMILES string of the molecule is CCOc1cccc(-c2nc(-c3ccc(S(=O)(=O)N4CCOCC4)cc3)cs2)c1. The lowest BCUT2D eigenvalue weighted by Crippen LogP contribution is -2.40. The Labute approximate surface area is 174 Å². The number of thiazole rings is 1. The zero-order chi connectivity index (χ0) is 20.3. The fraction of sp³-hybridized carbons (Fsp3) is 0.286. The summed E-state index contributed by atoms with van der Waals surface area (Å²) < 4.78 is 37.8. The maximum absolute atomic E-state index is 12.8. The van der Waals surface area contributed by atoms with E-state index in [2.05, 4.69) is 0 Å². The largest absolute Gasteiger partial charge is 0.494 e. The number of sulfonamides is 1. The van der Waals surface area contributed by atoms with Crippen LogP contribution < -0.4 is 4.74 Å². The van der Waals surface area contributed by atoms with Crippen LogP contribution in [0.3, 0.4) is 0 Å². The molecule has 0 radical (unpaired) electrons. The van der Waals surface area contributed by atoms with Gasteiger partial charge in [-0.2, -0.15) is 4.31 Å². The lowest BCUT2D eigenvalue weighted by atomic mass is 10.2. The van der Waals surface area contributed by atoms with Crippen molar-refractivity contribution in [3.63, 3.8) is 0 Å². The van der Waals surface area contributed by atoms with Gasteiger partial charge in [0, 0.05) is 29.6 Å². The normalized spacial score (nSPS) is 15.3. The Bertz CT molecular complexity index is 1070. The standard InChI is InChI=1S/C21H22N2O4S2/c1-2-27-18-5-3-4-17(14-18)21-22-20(15-28-21)16-6-8-19(9-7-16)29(24,25)23-10-12-26-13-11-23/h3-9,14-15H,2,10-13H2,1H3. The Morgan fingerprint density at radius 1 is 1.10 bits per heavy atom. The van der Waals surface area contributed by atoms with E-state index in [-0.39, 0.29) is 0 Å². The summed E-state index contributed by atoms with van der Waals surface area (Å²) in [6.07, 6.45) is 0. The van der Waals surface area contributed by atoms with Crippen LogP contribution in [0, 0.1) is 0 Å². The average Bonchev–Trinajstić information content (AvgIpc) is 3.25. The van der Waals surface area contributed by atoms with E-state index in [1.807, 2.05) is 48.7 Å². The fourth-order valence-corrected chi connectivity index (χ4v) is 5.39. The van der Waals surface area contributed by atoms with E-state index in [9.17, 15) is 8.42 Å².